The van der Waals surface area contributed by atoms with Crippen LogP contribution in [0.15, 0.2) is 6.20 Å². The maximum atomic E-state index is 11.0. The van der Waals surface area contributed by atoms with Gasteiger partial charge in [0.25, 0.3) is 0 Å². The van der Waals surface area contributed by atoms with Crippen LogP contribution in [-0.2, 0) is 13.6 Å². The second-order valence-electron chi connectivity index (χ2n) is 3.88. The Morgan fingerprint density at radius 2 is 2.41 bits per heavy atom. The van der Waals surface area contributed by atoms with Gasteiger partial charge < -0.3 is 10.4 Å². The van der Waals surface area contributed by atoms with E-state index in [1.54, 1.807) is 11.7 Å². The van der Waals surface area contributed by atoms with Gasteiger partial charge in [-0.1, -0.05) is 6.92 Å². The van der Waals surface area contributed by atoms with Crippen LogP contribution in [0.5, 0.6) is 0 Å². The summed E-state index contributed by atoms with van der Waals surface area (Å²) in [6, 6.07) is 0.358. The van der Waals surface area contributed by atoms with Gasteiger partial charge in [0.2, 0.25) is 0 Å². The third-order valence-electron chi connectivity index (χ3n) is 2.48. The number of nitrogens with zero attached hydrogens (tertiary/aromatic N) is 2. The van der Waals surface area contributed by atoms with Gasteiger partial charge in [0.15, 0.2) is 0 Å². The number of carboxylic acid groups (broad SMARTS) is 1. The molecule has 0 bridgehead atoms. The molecule has 17 heavy (non-hydrogen) atoms. The quantitative estimate of drug-likeness (QED) is 0.772. The summed E-state index contributed by atoms with van der Waals surface area (Å²) < 4.78 is 1.61. The van der Waals surface area contributed by atoms with E-state index in [1.165, 1.54) is 6.20 Å². The molecule has 0 aliphatic carbocycles. The van der Waals surface area contributed by atoms with Crippen molar-refractivity contribution in [3.63, 3.8) is 0 Å². The van der Waals surface area contributed by atoms with Crippen molar-refractivity contribution in [1.29, 1.82) is 0 Å². The minimum Gasteiger partial charge on any atom is -0.478 e. The van der Waals surface area contributed by atoms with E-state index < -0.39 is 5.97 Å². The highest BCUT2D eigenvalue weighted by molar-refractivity contribution is 7.99. The number of aromatic carboxylic acids is 1. The minimum atomic E-state index is -0.925. The first-order valence-electron chi connectivity index (χ1n) is 5.61. The third kappa shape index (κ3) is 4.05. The smallest absolute Gasteiger partial charge is 0.339 e. The topological polar surface area (TPSA) is 67.2 Å². The van der Waals surface area contributed by atoms with Crippen LogP contribution >= 0.6 is 11.8 Å². The van der Waals surface area contributed by atoms with Crippen molar-refractivity contribution in [2.75, 3.05) is 11.5 Å². The largest absolute Gasteiger partial charge is 0.478 e. The zero-order valence-electron chi connectivity index (χ0n) is 10.4. The Morgan fingerprint density at radius 3 is 3.00 bits per heavy atom. The van der Waals surface area contributed by atoms with Crippen molar-refractivity contribution < 1.29 is 9.90 Å². The molecule has 1 aromatic heterocycles. The molecule has 0 aliphatic heterocycles. The molecule has 1 atom stereocenters. The summed E-state index contributed by atoms with van der Waals surface area (Å²) in [6.07, 6.45) is 1.39. The van der Waals surface area contributed by atoms with Crippen molar-refractivity contribution in [3.8, 4) is 0 Å². The van der Waals surface area contributed by atoms with Crippen LogP contribution in [0, 0.1) is 0 Å². The van der Waals surface area contributed by atoms with Crippen molar-refractivity contribution >= 4 is 17.7 Å². The number of rotatable bonds is 7. The van der Waals surface area contributed by atoms with E-state index in [4.69, 9.17) is 5.11 Å². The van der Waals surface area contributed by atoms with E-state index in [-0.39, 0.29) is 5.56 Å². The van der Waals surface area contributed by atoms with Crippen LogP contribution in [0.25, 0.3) is 0 Å². The molecule has 1 unspecified atom stereocenters. The second-order valence-corrected chi connectivity index (χ2v) is 5.19. The molecule has 96 valence electrons. The highest BCUT2D eigenvalue weighted by Crippen LogP contribution is 2.08. The fourth-order valence-corrected chi connectivity index (χ4v) is 2.18. The molecule has 0 amide bonds. The Labute approximate surface area is 106 Å². The summed E-state index contributed by atoms with van der Waals surface area (Å²) in [5.41, 5.74) is 0.987. The van der Waals surface area contributed by atoms with Gasteiger partial charge in [-0.3, -0.25) is 4.68 Å². The molecule has 0 radical (unpaired) electrons. The number of aryl methyl sites for hydroxylation is 1. The fraction of sp³-hybridized carbons (Fsp3) is 0.636. The monoisotopic (exact) mass is 257 g/mol. The van der Waals surface area contributed by atoms with Crippen LogP contribution < -0.4 is 5.32 Å². The van der Waals surface area contributed by atoms with Crippen LogP contribution in [0.2, 0.25) is 0 Å². The normalized spacial score (nSPS) is 12.6. The van der Waals surface area contributed by atoms with Crippen molar-refractivity contribution in [1.82, 2.24) is 15.1 Å². The lowest BCUT2D eigenvalue weighted by Gasteiger charge is -2.13. The molecule has 6 heteroatoms. The minimum absolute atomic E-state index is 0.273. The average molecular weight is 257 g/mol. The Hall–Kier alpha value is -1.01. The molecular weight excluding hydrogens is 238 g/mol. The third-order valence-corrected chi connectivity index (χ3v) is 3.63. The van der Waals surface area contributed by atoms with Gasteiger partial charge in [-0.05, 0) is 12.7 Å². The van der Waals surface area contributed by atoms with Crippen molar-refractivity contribution in [3.05, 3.63) is 17.5 Å². The van der Waals surface area contributed by atoms with E-state index >= 15 is 0 Å². The average Bonchev–Trinajstić information content (AvgIpc) is 2.65. The van der Waals surface area contributed by atoms with Gasteiger partial charge in [-0.25, -0.2) is 4.79 Å². The summed E-state index contributed by atoms with van der Waals surface area (Å²) >= 11 is 1.87. The molecule has 0 aliphatic rings. The van der Waals surface area contributed by atoms with Gasteiger partial charge in [0, 0.05) is 25.4 Å². The van der Waals surface area contributed by atoms with Crippen LogP contribution in [0.1, 0.15) is 29.9 Å². The number of carbonyl (C=O) groups is 1. The van der Waals surface area contributed by atoms with E-state index in [0.29, 0.717) is 18.3 Å². The molecule has 1 aromatic rings. The van der Waals surface area contributed by atoms with Gasteiger partial charge in [-0.15, -0.1) is 0 Å². The number of thioether (sulfide) groups is 1. The maximum absolute atomic E-state index is 11.0. The number of nitrogens with one attached hydrogen (secondary N) is 1. The summed E-state index contributed by atoms with van der Waals surface area (Å²) in [6.45, 7) is 4.75. The lowest BCUT2D eigenvalue weighted by atomic mass is 10.2. The zero-order chi connectivity index (χ0) is 12.8. The number of hydrogen-bond donors (Lipinski definition) is 2. The molecule has 2 N–H and O–H groups in total. The van der Waals surface area contributed by atoms with Gasteiger partial charge in [0.05, 0.1) is 11.9 Å². The Kier molecular flexibility index (Phi) is 5.50. The SMILES string of the molecule is CCSCC(C)NCc1c(C(=O)O)cnn1C. The van der Waals surface area contributed by atoms with Crippen molar-refractivity contribution in [2.45, 2.75) is 26.4 Å². The fourth-order valence-electron chi connectivity index (χ4n) is 1.48. The molecule has 0 aromatic carbocycles. The standard InChI is InChI=1S/C11H19N3O2S/c1-4-17-7-8(2)12-6-10-9(11(15)16)5-13-14(10)3/h5,8,12H,4,6-7H2,1-3H3,(H,15,16). The maximum Gasteiger partial charge on any atom is 0.339 e. The van der Waals surface area contributed by atoms with Crippen molar-refractivity contribution in [2.24, 2.45) is 7.05 Å². The highest BCUT2D eigenvalue weighted by atomic mass is 32.2. The molecule has 1 rings (SSSR count). The Balaban J connectivity index is 2.56. The summed E-state index contributed by atoms with van der Waals surface area (Å²) in [5.74, 6) is 1.19. The summed E-state index contributed by atoms with van der Waals surface area (Å²) in [5, 5.41) is 16.3. The number of aromatic nitrogens is 2. The molecule has 0 saturated heterocycles. The first kappa shape index (κ1) is 14.1. The van der Waals surface area contributed by atoms with Crippen LogP contribution in [0.4, 0.5) is 0 Å². The predicted octanol–water partition coefficient (Wildman–Crippen LogP) is 1.35. The first-order valence-corrected chi connectivity index (χ1v) is 6.77. The first-order chi connectivity index (χ1) is 8.06. The molecule has 1 heterocycles. The number of carboxylic acids is 1. The second kappa shape index (κ2) is 6.66. The lowest BCUT2D eigenvalue weighted by molar-refractivity contribution is 0.0695. The van der Waals surface area contributed by atoms with Gasteiger partial charge in [-0.2, -0.15) is 16.9 Å². The predicted molar refractivity (Wildman–Crippen MR) is 69.5 cm³/mol. The number of hydrogen-bond acceptors (Lipinski definition) is 4. The summed E-state index contributed by atoms with van der Waals surface area (Å²) in [7, 11) is 1.76. The van der Waals surface area contributed by atoms with Crippen LogP contribution in [0.3, 0.4) is 0 Å². The van der Waals surface area contributed by atoms with Gasteiger partial charge in [0.1, 0.15) is 5.56 Å². The van der Waals surface area contributed by atoms with E-state index in [9.17, 15) is 4.79 Å². The van der Waals surface area contributed by atoms with E-state index in [0.717, 1.165) is 11.5 Å². The highest BCUT2D eigenvalue weighted by Gasteiger charge is 2.15. The Morgan fingerprint density at radius 1 is 1.71 bits per heavy atom. The molecule has 0 fully saturated rings. The zero-order valence-corrected chi connectivity index (χ0v) is 11.3. The lowest BCUT2D eigenvalue weighted by Crippen LogP contribution is -2.29. The van der Waals surface area contributed by atoms with E-state index in [2.05, 4.69) is 24.3 Å². The molecular formula is C11H19N3O2S. The summed E-state index contributed by atoms with van der Waals surface area (Å²) in [4.78, 5) is 11.0. The van der Waals surface area contributed by atoms with Gasteiger partial charge >= 0.3 is 5.97 Å². The van der Waals surface area contributed by atoms with E-state index in [1.807, 2.05) is 11.8 Å². The van der Waals surface area contributed by atoms with Crippen LogP contribution in [-0.4, -0.2) is 38.4 Å². The molecule has 0 spiro atoms. The molecule has 5 nitrogen and oxygen atoms in total. The Bertz CT molecular complexity index is 379. The molecule has 0 saturated carbocycles.